The Kier molecular flexibility index (Phi) is 6.73. The van der Waals surface area contributed by atoms with E-state index < -0.39 is 11.8 Å². The number of carbonyl (C=O) groups is 2. The fourth-order valence-corrected chi connectivity index (χ4v) is 5.88. The topological polar surface area (TPSA) is 87.3 Å². The smallest absolute Gasteiger partial charge is 0.316 e. The number of carbonyl (C=O) groups excluding carboxylic acids is 2. The fourth-order valence-electron chi connectivity index (χ4n) is 5.88. The van der Waals surface area contributed by atoms with Crippen molar-refractivity contribution in [2.45, 2.75) is 70.3 Å². The second-order valence-electron chi connectivity index (χ2n) is 10.0. The number of allylic oxidation sites excluding steroid dienone is 2. The van der Waals surface area contributed by atoms with Crippen LogP contribution in [-0.4, -0.2) is 37.8 Å². The van der Waals surface area contributed by atoms with Crippen molar-refractivity contribution in [1.29, 1.82) is 0 Å². The summed E-state index contributed by atoms with van der Waals surface area (Å²) >= 11 is 0. The number of methoxy groups -OCH3 is 2. The first-order chi connectivity index (χ1) is 17.4. The number of hydrogen-bond acceptors (Lipinski definition) is 7. The average molecular weight is 492 g/mol. The van der Waals surface area contributed by atoms with Crippen LogP contribution in [0.2, 0.25) is 0 Å². The molecule has 0 amide bonds. The first kappa shape index (κ1) is 24.3. The summed E-state index contributed by atoms with van der Waals surface area (Å²) in [4.78, 5) is 32.0. The molecule has 0 radical (unpaired) electrons. The lowest BCUT2D eigenvalue weighted by atomic mass is 9.70. The van der Waals surface area contributed by atoms with Crippen LogP contribution in [0.4, 0.5) is 0 Å². The molecule has 0 bridgehead atoms. The van der Waals surface area contributed by atoms with Gasteiger partial charge in [-0.1, -0.05) is 6.07 Å². The van der Waals surface area contributed by atoms with Gasteiger partial charge in [0, 0.05) is 23.4 Å². The first-order valence-corrected chi connectivity index (χ1v) is 12.7. The number of ether oxygens (including phenoxy) is 3. The monoisotopic (exact) mass is 491 g/mol. The zero-order chi connectivity index (χ0) is 25.4. The van der Waals surface area contributed by atoms with Crippen LogP contribution >= 0.6 is 0 Å². The molecular formula is C29H33NO6. The predicted molar refractivity (Wildman–Crippen MR) is 135 cm³/mol. The minimum atomic E-state index is -0.670. The summed E-state index contributed by atoms with van der Waals surface area (Å²) in [6, 6.07) is 9.50. The highest BCUT2D eigenvalue weighted by Crippen LogP contribution is 2.48. The summed E-state index contributed by atoms with van der Waals surface area (Å²) in [5.41, 5.74) is 2.97. The molecule has 1 aromatic heterocycles. The van der Waals surface area contributed by atoms with Crippen molar-refractivity contribution in [2.24, 2.45) is 10.9 Å². The van der Waals surface area contributed by atoms with Crippen LogP contribution in [0.5, 0.6) is 11.5 Å². The van der Waals surface area contributed by atoms with Crippen molar-refractivity contribution in [3.8, 4) is 11.5 Å². The van der Waals surface area contributed by atoms with Crippen LogP contribution in [0.3, 0.4) is 0 Å². The van der Waals surface area contributed by atoms with Crippen molar-refractivity contribution in [1.82, 2.24) is 0 Å². The lowest BCUT2D eigenvalue weighted by Crippen LogP contribution is -2.39. The number of Topliss-reactive ketones (excluding diaryl/α,β-unsaturated/α-hetero) is 1. The zero-order valence-corrected chi connectivity index (χ0v) is 21.3. The van der Waals surface area contributed by atoms with Crippen LogP contribution in [0.15, 0.2) is 51.0 Å². The summed E-state index contributed by atoms with van der Waals surface area (Å²) in [5.74, 6) is 1.05. The molecule has 1 aliphatic heterocycles. The Balaban J connectivity index is 1.51. The quantitative estimate of drug-likeness (QED) is 0.484. The van der Waals surface area contributed by atoms with E-state index in [9.17, 15) is 9.59 Å². The highest BCUT2D eigenvalue weighted by Gasteiger charge is 2.46. The van der Waals surface area contributed by atoms with Gasteiger partial charge in [0.1, 0.15) is 23.5 Å². The lowest BCUT2D eigenvalue weighted by molar-refractivity contribution is -0.151. The second kappa shape index (κ2) is 9.96. The lowest BCUT2D eigenvalue weighted by Gasteiger charge is -2.35. The number of furan rings is 1. The van der Waals surface area contributed by atoms with Gasteiger partial charge in [-0.15, -0.1) is 0 Å². The molecule has 1 fully saturated rings. The van der Waals surface area contributed by atoms with Gasteiger partial charge in [0.25, 0.3) is 0 Å². The Bertz CT molecular complexity index is 1230. The number of hydrogen-bond donors (Lipinski definition) is 0. The molecule has 2 aliphatic carbocycles. The minimum absolute atomic E-state index is 0.00926. The standard InChI is InChI=1S/C29H33NO6/c1-16-9-11-24(35-16)28-26(29(32)36-20-7-5-6-8-20)17(2)30-21-13-19(14-22(31)27(21)28)18-10-12-23(33-3)25(15-18)34-4/h9-12,15,19-20,26,28H,5-8,13-14H2,1-4H3. The number of ketones is 1. The van der Waals surface area contributed by atoms with Gasteiger partial charge in [-0.2, -0.15) is 0 Å². The molecule has 0 saturated heterocycles. The van der Waals surface area contributed by atoms with E-state index in [0.29, 0.717) is 41.4 Å². The van der Waals surface area contributed by atoms with Crippen molar-refractivity contribution in [3.63, 3.8) is 0 Å². The average Bonchev–Trinajstić information content (AvgIpc) is 3.54. The van der Waals surface area contributed by atoms with E-state index in [2.05, 4.69) is 0 Å². The third-order valence-corrected chi connectivity index (χ3v) is 7.67. The van der Waals surface area contributed by atoms with Crippen LogP contribution in [0.1, 0.15) is 74.4 Å². The van der Waals surface area contributed by atoms with E-state index in [1.54, 1.807) is 14.2 Å². The van der Waals surface area contributed by atoms with E-state index >= 15 is 0 Å². The maximum atomic E-state index is 13.7. The highest BCUT2D eigenvalue weighted by atomic mass is 16.5. The Morgan fingerprint density at radius 1 is 1.00 bits per heavy atom. The Morgan fingerprint density at radius 2 is 1.75 bits per heavy atom. The number of rotatable bonds is 6. The number of nitrogens with zero attached hydrogens (tertiary/aromatic N) is 1. The molecule has 190 valence electrons. The SMILES string of the molecule is COc1ccc(C2CC(=O)C3=C(C2)N=C(C)C(C(=O)OC2CCCC2)C3c2ccc(C)o2)cc1OC. The normalized spacial score (nSPS) is 24.4. The van der Waals surface area contributed by atoms with Gasteiger partial charge in [-0.3, -0.25) is 14.6 Å². The first-order valence-electron chi connectivity index (χ1n) is 12.7. The third kappa shape index (κ3) is 4.47. The highest BCUT2D eigenvalue weighted by molar-refractivity contribution is 6.09. The van der Waals surface area contributed by atoms with E-state index in [4.69, 9.17) is 23.6 Å². The number of benzene rings is 1. The Labute approximate surface area is 211 Å². The Hall–Kier alpha value is -3.35. The van der Waals surface area contributed by atoms with Crippen LogP contribution in [0, 0.1) is 12.8 Å². The third-order valence-electron chi connectivity index (χ3n) is 7.67. The summed E-state index contributed by atoms with van der Waals surface area (Å²) in [6.07, 6.45) is 4.77. The van der Waals surface area contributed by atoms with Crippen molar-refractivity contribution in [3.05, 3.63) is 58.7 Å². The van der Waals surface area contributed by atoms with Gasteiger partial charge in [-0.25, -0.2) is 0 Å². The van der Waals surface area contributed by atoms with E-state index in [0.717, 1.165) is 42.7 Å². The van der Waals surface area contributed by atoms with Crippen molar-refractivity contribution in [2.75, 3.05) is 14.2 Å². The van der Waals surface area contributed by atoms with Crippen LogP contribution < -0.4 is 9.47 Å². The maximum Gasteiger partial charge on any atom is 0.316 e. The van der Waals surface area contributed by atoms with Crippen molar-refractivity contribution >= 4 is 17.5 Å². The largest absolute Gasteiger partial charge is 0.493 e. The minimum Gasteiger partial charge on any atom is -0.493 e. The maximum absolute atomic E-state index is 13.7. The van der Waals surface area contributed by atoms with E-state index in [1.807, 2.05) is 44.2 Å². The second-order valence-corrected chi connectivity index (χ2v) is 10.0. The van der Waals surface area contributed by atoms with Crippen LogP contribution in [-0.2, 0) is 14.3 Å². The summed E-state index contributed by atoms with van der Waals surface area (Å²) < 4.78 is 22.8. The van der Waals surface area contributed by atoms with Crippen molar-refractivity contribution < 1.29 is 28.2 Å². The summed E-state index contributed by atoms with van der Waals surface area (Å²) in [6.45, 7) is 3.72. The molecule has 7 heteroatoms. The van der Waals surface area contributed by atoms with E-state index in [-0.39, 0.29) is 23.8 Å². The number of aliphatic imine (C=N–C) groups is 1. The predicted octanol–water partition coefficient (Wildman–Crippen LogP) is 5.67. The molecule has 7 nitrogen and oxygen atoms in total. The molecule has 0 spiro atoms. The summed E-state index contributed by atoms with van der Waals surface area (Å²) in [5, 5.41) is 0. The van der Waals surface area contributed by atoms with Crippen LogP contribution in [0.25, 0.3) is 0 Å². The molecule has 3 atom stereocenters. The van der Waals surface area contributed by atoms with Gasteiger partial charge < -0.3 is 18.6 Å². The number of aryl methyl sites for hydroxylation is 1. The van der Waals surface area contributed by atoms with Gasteiger partial charge in [0.15, 0.2) is 17.3 Å². The van der Waals surface area contributed by atoms with Gasteiger partial charge in [-0.05, 0) is 81.7 Å². The molecule has 3 aliphatic rings. The molecule has 1 saturated carbocycles. The molecule has 2 aromatic rings. The molecular weight excluding hydrogens is 458 g/mol. The Morgan fingerprint density at radius 3 is 2.42 bits per heavy atom. The van der Waals surface area contributed by atoms with Gasteiger partial charge in [0.05, 0.1) is 20.1 Å². The fraction of sp³-hybridized carbons (Fsp3) is 0.483. The number of esters is 1. The van der Waals surface area contributed by atoms with Gasteiger partial charge in [0.2, 0.25) is 0 Å². The van der Waals surface area contributed by atoms with E-state index in [1.165, 1.54) is 0 Å². The molecule has 5 rings (SSSR count). The molecule has 0 N–H and O–H groups in total. The zero-order valence-electron chi connectivity index (χ0n) is 21.3. The molecule has 3 unspecified atom stereocenters. The van der Waals surface area contributed by atoms with Gasteiger partial charge >= 0.3 is 5.97 Å². The summed E-state index contributed by atoms with van der Waals surface area (Å²) in [7, 11) is 3.20. The molecule has 36 heavy (non-hydrogen) atoms. The molecule has 2 heterocycles. The molecule has 1 aromatic carbocycles.